The normalized spacial score (nSPS) is 11.9. The molecule has 0 bridgehead atoms. The minimum absolute atomic E-state index is 0.103. The van der Waals surface area contributed by atoms with Crippen molar-refractivity contribution in [3.8, 4) is 28.5 Å². The molecule has 0 aliphatic carbocycles. The lowest BCUT2D eigenvalue weighted by molar-refractivity contribution is -0.137. The largest absolute Gasteiger partial charge is 0.475 e. The number of carbonyl (C=O) groups excluding carboxylic acids is 1. The molecule has 8 nitrogen and oxygen atoms in total. The Bertz CT molecular complexity index is 1290. The summed E-state index contributed by atoms with van der Waals surface area (Å²) in [6, 6.07) is 7.82. The fraction of sp³-hybridized carbons (Fsp3) is 0.385. The van der Waals surface area contributed by atoms with Crippen LogP contribution in [-0.4, -0.2) is 40.7 Å². The van der Waals surface area contributed by atoms with Gasteiger partial charge in [-0.25, -0.2) is 9.97 Å². The number of H-pyrrole nitrogens is 1. The first-order valence-electron chi connectivity index (χ1n) is 11.7. The van der Waals surface area contributed by atoms with Crippen molar-refractivity contribution in [2.45, 2.75) is 39.8 Å². The zero-order valence-corrected chi connectivity index (χ0v) is 20.8. The predicted octanol–water partition coefficient (Wildman–Crippen LogP) is 4.38. The van der Waals surface area contributed by atoms with Crippen LogP contribution in [0.1, 0.15) is 38.3 Å². The van der Waals surface area contributed by atoms with Crippen molar-refractivity contribution in [2.75, 3.05) is 19.8 Å². The van der Waals surface area contributed by atoms with Gasteiger partial charge in [-0.3, -0.25) is 9.59 Å². The van der Waals surface area contributed by atoms with Crippen molar-refractivity contribution in [3.05, 3.63) is 64.1 Å². The number of aromatic amines is 1. The quantitative estimate of drug-likeness (QED) is 0.364. The summed E-state index contributed by atoms with van der Waals surface area (Å²) >= 11 is 0. The molecule has 198 valence electrons. The molecule has 0 atom stereocenters. The van der Waals surface area contributed by atoms with Crippen LogP contribution in [0, 0.1) is 5.41 Å². The van der Waals surface area contributed by atoms with E-state index in [0.29, 0.717) is 36.8 Å². The molecule has 2 aromatic heterocycles. The molecule has 11 heteroatoms. The Labute approximate surface area is 212 Å². The van der Waals surface area contributed by atoms with Crippen LogP contribution in [0.2, 0.25) is 0 Å². The van der Waals surface area contributed by atoms with E-state index in [1.807, 2.05) is 6.92 Å². The minimum atomic E-state index is -4.71. The minimum Gasteiger partial charge on any atom is -0.475 e. The number of halogens is 3. The molecule has 1 aromatic carbocycles. The molecule has 0 fully saturated rings. The molecule has 0 saturated heterocycles. The SMILES string of the molecule is CCCOCCOc1ccc(-c2cc(=O)[nH]c(-c3cc(CC(C)(C)C(N)=O)ccc3C(F)(F)F)n2)cn1. The van der Waals surface area contributed by atoms with Crippen molar-refractivity contribution in [1.82, 2.24) is 15.0 Å². The van der Waals surface area contributed by atoms with Gasteiger partial charge in [0.2, 0.25) is 11.8 Å². The highest BCUT2D eigenvalue weighted by molar-refractivity contribution is 5.80. The monoisotopic (exact) mass is 518 g/mol. The molecule has 0 spiro atoms. The number of hydrogen-bond donors (Lipinski definition) is 2. The number of alkyl halides is 3. The van der Waals surface area contributed by atoms with Gasteiger partial charge in [-0.1, -0.05) is 26.8 Å². The lowest BCUT2D eigenvalue weighted by Crippen LogP contribution is -2.33. The van der Waals surface area contributed by atoms with Gasteiger partial charge in [-0.05, 0) is 36.6 Å². The molecule has 37 heavy (non-hydrogen) atoms. The van der Waals surface area contributed by atoms with Gasteiger partial charge >= 0.3 is 6.18 Å². The maximum atomic E-state index is 13.8. The van der Waals surface area contributed by atoms with Gasteiger partial charge in [0.25, 0.3) is 5.56 Å². The zero-order valence-electron chi connectivity index (χ0n) is 20.8. The van der Waals surface area contributed by atoms with Crippen molar-refractivity contribution < 1.29 is 27.4 Å². The molecule has 3 aromatic rings. The number of amides is 1. The molecule has 3 N–H and O–H groups in total. The van der Waals surface area contributed by atoms with Gasteiger partial charge in [0.1, 0.15) is 12.4 Å². The molecule has 0 aliphatic heterocycles. The molecule has 0 saturated carbocycles. The highest BCUT2D eigenvalue weighted by Crippen LogP contribution is 2.37. The number of hydrogen-bond acceptors (Lipinski definition) is 6. The Balaban J connectivity index is 1.95. The fourth-order valence-electron chi connectivity index (χ4n) is 3.54. The Morgan fingerprint density at radius 3 is 2.46 bits per heavy atom. The second kappa shape index (κ2) is 11.5. The fourth-order valence-corrected chi connectivity index (χ4v) is 3.54. The summed E-state index contributed by atoms with van der Waals surface area (Å²) in [4.78, 5) is 35.0. The number of nitrogens with zero attached hydrogens (tertiary/aromatic N) is 2. The number of benzene rings is 1. The number of nitrogens with two attached hydrogens (primary N) is 1. The number of aromatic nitrogens is 3. The lowest BCUT2D eigenvalue weighted by atomic mass is 9.84. The Hall–Kier alpha value is -3.73. The van der Waals surface area contributed by atoms with Crippen molar-refractivity contribution in [1.29, 1.82) is 0 Å². The van der Waals surface area contributed by atoms with E-state index in [4.69, 9.17) is 15.2 Å². The Kier molecular flexibility index (Phi) is 8.69. The summed E-state index contributed by atoms with van der Waals surface area (Å²) in [6.45, 7) is 6.56. The van der Waals surface area contributed by atoms with E-state index in [-0.39, 0.29) is 23.5 Å². The van der Waals surface area contributed by atoms with E-state index in [0.717, 1.165) is 12.5 Å². The van der Waals surface area contributed by atoms with Crippen LogP contribution in [0.5, 0.6) is 5.88 Å². The molecular weight excluding hydrogens is 489 g/mol. The Morgan fingerprint density at radius 1 is 1.08 bits per heavy atom. The Morgan fingerprint density at radius 2 is 1.84 bits per heavy atom. The topological polar surface area (TPSA) is 120 Å². The van der Waals surface area contributed by atoms with E-state index in [1.54, 1.807) is 26.0 Å². The number of pyridine rings is 1. The maximum Gasteiger partial charge on any atom is 0.417 e. The van der Waals surface area contributed by atoms with E-state index in [2.05, 4.69) is 15.0 Å². The smallest absolute Gasteiger partial charge is 0.417 e. The summed E-state index contributed by atoms with van der Waals surface area (Å²) in [5.41, 5.74) is 3.51. The standard InChI is InChI=1S/C26H29F3N4O4/c1-4-9-36-10-11-37-22-8-6-17(15-31-22)20-13-21(34)33-23(32-20)18-12-16(14-25(2,3)24(30)35)5-7-19(18)26(27,28)29/h5-8,12-13,15H,4,9-11,14H2,1-3H3,(H2,30,35)(H,32,33,34). The van der Waals surface area contributed by atoms with E-state index in [1.165, 1.54) is 24.4 Å². The van der Waals surface area contributed by atoms with E-state index >= 15 is 0 Å². The van der Waals surface area contributed by atoms with Crippen LogP contribution in [0.3, 0.4) is 0 Å². The second-order valence-electron chi connectivity index (χ2n) is 9.13. The van der Waals surface area contributed by atoms with E-state index < -0.39 is 28.6 Å². The molecule has 1 amide bonds. The van der Waals surface area contributed by atoms with Crippen molar-refractivity contribution in [3.63, 3.8) is 0 Å². The van der Waals surface area contributed by atoms with Crippen molar-refractivity contribution >= 4 is 5.91 Å². The first-order valence-corrected chi connectivity index (χ1v) is 11.7. The number of rotatable bonds is 11. The summed E-state index contributed by atoms with van der Waals surface area (Å²) < 4.78 is 52.4. The summed E-state index contributed by atoms with van der Waals surface area (Å²) in [5.74, 6) is -0.518. The van der Waals surface area contributed by atoms with Crippen LogP contribution in [0.15, 0.2) is 47.4 Å². The third-order valence-corrected chi connectivity index (χ3v) is 5.56. The molecule has 0 radical (unpaired) electrons. The average molecular weight is 519 g/mol. The molecule has 0 unspecified atom stereocenters. The van der Waals surface area contributed by atoms with Gasteiger partial charge in [0, 0.05) is 41.5 Å². The molecule has 0 aliphatic rings. The summed E-state index contributed by atoms with van der Waals surface area (Å²) in [6.07, 6.45) is -2.28. The van der Waals surface area contributed by atoms with Gasteiger partial charge in [0.05, 0.1) is 17.9 Å². The predicted molar refractivity (Wildman–Crippen MR) is 132 cm³/mol. The molecule has 3 rings (SSSR count). The first-order chi connectivity index (χ1) is 17.4. The zero-order chi connectivity index (χ0) is 27.2. The van der Waals surface area contributed by atoms with E-state index in [9.17, 15) is 22.8 Å². The molecule has 2 heterocycles. The number of carbonyl (C=O) groups is 1. The van der Waals surface area contributed by atoms with Crippen LogP contribution < -0.4 is 16.0 Å². The molecular formula is C26H29F3N4O4. The van der Waals surface area contributed by atoms with Crippen molar-refractivity contribution in [2.24, 2.45) is 11.1 Å². The van der Waals surface area contributed by atoms with Gasteiger partial charge < -0.3 is 20.2 Å². The van der Waals surface area contributed by atoms with Crippen LogP contribution in [0.4, 0.5) is 13.2 Å². The first kappa shape index (κ1) is 27.9. The third-order valence-electron chi connectivity index (χ3n) is 5.56. The number of nitrogens with one attached hydrogen (secondary N) is 1. The van der Waals surface area contributed by atoms with Crippen LogP contribution >= 0.6 is 0 Å². The second-order valence-corrected chi connectivity index (χ2v) is 9.13. The summed E-state index contributed by atoms with van der Waals surface area (Å²) in [5, 5.41) is 0. The van der Waals surface area contributed by atoms with Gasteiger partial charge in [0.15, 0.2) is 0 Å². The van der Waals surface area contributed by atoms with Crippen LogP contribution in [-0.2, 0) is 22.1 Å². The highest BCUT2D eigenvalue weighted by atomic mass is 19.4. The van der Waals surface area contributed by atoms with Gasteiger partial charge in [-0.2, -0.15) is 13.2 Å². The number of primary amides is 1. The maximum absolute atomic E-state index is 13.8. The third kappa shape index (κ3) is 7.39. The number of ether oxygens (including phenoxy) is 2. The highest BCUT2D eigenvalue weighted by Gasteiger charge is 2.35. The summed E-state index contributed by atoms with van der Waals surface area (Å²) in [7, 11) is 0. The lowest BCUT2D eigenvalue weighted by Gasteiger charge is -2.21. The van der Waals surface area contributed by atoms with Crippen LogP contribution in [0.25, 0.3) is 22.6 Å². The average Bonchev–Trinajstić information content (AvgIpc) is 2.83. The van der Waals surface area contributed by atoms with Gasteiger partial charge in [-0.15, -0.1) is 0 Å².